The van der Waals surface area contributed by atoms with Crippen LogP contribution in [0.3, 0.4) is 0 Å². The van der Waals surface area contributed by atoms with Crippen LogP contribution in [0.4, 0.5) is 0 Å². The molecule has 0 radical (unpaired) electrons. The summed E-state index contributed by atoms with van der Waals surface area (Å²) in [4.78, 5) is 33.2. The third-order valence-corrected chi connectivity index (χ3v) is 1.76. The van der Waals surface area contributed by atoms with Crippen LogP contribution < -0.4 is 0 Å². The van der Waals surface area contributed by atoms with Gasteiger partial charge in [0.1, 0.15) is 19.8 Å². The van der Waals surface area contributed by atoms with Gasteiger partial charge in [-0.2, -0.15) is 0 Å². The Labute approximate surface area is 115 Å². The lowest BCUT2D eigenvalue weighted by Gasteiger charge is -2.16. The average molecular weight is 321 g/mol. The van der Waals surface area contributed by atoms with E-state index < -0.39 is 44.5 Å². The van der Waals surface area contributed by atoms with Crippen LogP contribution >= 0.6 is 8.25 Å². The van der Waals surface area contributed by atoms with Crippen LogP contribution in [0.5, 0.6) is 0 Å². The molecule has 0 fully saturated rings. The Kier molecular flexibility index (Phi) is 15.5. The number of carbonyl (C=O) groups is 1. The van der Waals surface area contributed by atoms with E-state index in [0.717, 1.165) is 0 Å². The lowest BCUT2D eigenvalue weighted by Crippen LogP contribution is -2.49. The predicted octanol–water partition coefficient (Wildman–Crippen LogP) is -1.93. The number of aliphatic hydroxyl groups is 3. The number of aliphatic carboxylic acids is 1. The molecule has 0 saturated carbocycles. The molecule has 0 heterocycles. The summed E-state index contributed by atoms with van der Waals surface area (Å²) in [5.74, 6) is -0.972. The van der Waals surface area contributed by atoms with Crippen LogP contribution in [0, 0.1) is 16.0 Å². The highest BCUT2D eigenvalue weighted by Gasteiger charge is 2.41. The summed E-state index contributed by atoms with van der Waals surface area (Å²) in [6, 6.07) is 0. The van der Waals surface area contributed by atoms with E-state index in [1.165, 1.54) is 0 Å². The van der Waals surface area contributed by atoms with E-state index in [-0.39, 0.29) is 5.92 Å². The Balaban J connectivity index is -0.000000246. The van der Waals surface area contributed by atoms with E-state index in [4.69, 9.17) is 34.8 Å². The van der Waals surface area contributed by atoms with E-state index in [1.54, 1.807) is 13.8 Å². The Morgan fingerprint density at radius 3 is 1.40 bits per heavy atom. The number of hydrogen-bond acceptors (Lipinski definition) is 7. The van der Waals surface area contributed by atoms with Gasteiger partial charge in [0.2, 0.25) is 0 Å². The second kappa shape index (κ2) is 12.9. The molecule has 12 heteroatoms. The number of nitro groups is 1. The summed E-state index contributed by atoms with van der Waals surface area (Å²) in [5.41, 5.74) is -1.99. The molecule has 11 nitrogen and oxygen atoms in total. The Morgan fingerprint density at radius 2 is 1.40 bits per heavy atom. The third kappa shape index (κ3) is 13.3. The van der Waals surface area contributed by atoms with Crippen molar-refractivity contribution in [1.82, 2.24) is 0 Å². The molecule has 0 unspecified atom stereocenters. The van der Waals surface area contributed by atoms with Crippen molar-refractivity contribution >= 4 is 14.2 Å². The molecule has 0 aliphatic carbocycles. The second-order valence-electron chi connectivity index (χ2n) is 3.73. The summed E-state index contributed by atoms with van der Waals surface area (Å²) in [6.45, 7) is 0.678. The molecule has 0 aliphatic heterocycles. The van der Waals surface area contributed by atoms with E-state index in [1.807, 2.05) is 0 Å². The van der Waals surface area contributed by atoms with Crippen LogP contribution in [0.15, 0.2) is 0 Å². The van der Waals surface area contributed by atoms with Crippen molar-refractivity contribution in [3.8, 4) is 0 Å². The van der Waals surface area contributed by atoms with Crippen LogP contribution in [-0.4, -0.2) is 66.5 Å². The van der Waals surface area contributed by atoms with Gasteiger partial charge in [0.25, 0.3) is 5.54 Å². The van der Waals surface area contributed by atoms with Crippen molar-refractivity contribution in [1.29, 1.82) is 0 Å². The van der Waals surface area contributed by atoms with Crippen molar-refractivity contribution in [2.75, 3.05) is 19.8 Å². The number of nitrogens with zero attached hydrogens (tertiary/aromatic N) is 1. The second-order valence-corrected chi connectivity index (χ2v) is 4.30. The monoisotopic (exact) mass is 321 g/mol. The highest BCUT2D eigenvalue weighted by atomic mass is 31.1. The molecule has 0 rings (SSSR count). The summed E-state index contributed by atoms with van der Waals surface area (Å²) in [5, 5.41) is 43.2. The van der Waals surface area contributed by atoms with E-state index >= 15 is 0 Å². The van der Waals surface area contributed by atoms with Gasteiger partial charge in [-0.05, 0) is 0 Å². The molecule has 20 heavy (non-hydrogen) atoms. The first-order chi connectivity index (χ1) is 9.00. The normalized spacial score (nSPS) is 10.2. The summed E-state index contributed by atoms with van der Waals surface area (Å²) < 4.78 is 8.74. The van der Waals surface area contributed by atoms with Crippen LogP contribution in [0.2, 0.25) is 0 Å². The van der Waals surface area contributed by atoms with Gasteiger partial charge in [0, 0.05) is 4.92 Å². The SMILES string of the molecule is CC(C)C(=O)O.O=[N+]([O-])C(CO)(CO)CO.O=[PH](O)O. The van der Waals surface area contributed by atoms with Gasteiger partial charge in [-0.3, -0.25) is 19.5 Å². The lowest BCUT2D eigenvalue weighted by atomic mass is 10.1. The predicted molar refractivity (Wildman–Crippen MR) is 66.9 cm³/mol. The molecule has 6 N–H and O–H groups in total. The van der Waals surface area contributed by atoms with Gasteiger partial charge >= 0.3 is 14.2 Å². The Hall–Kier alpha value is -1.10. The molecule has 0 aromatic heterocycles. The van der Waals surface area contributed by atoms with Crippen molar-refractivity contribution in [3.05, 3.63) is 10.1 Å². The fourth-order valence-electron chi connectivity index (χ4n) is 0.323. The van der Waals surface area contributed by atoms with Gasteiger partial charge < -0.3 is 30.2 Å². The summed E-state index contributed by atoms with van der Waals surface area (Å²) in [7, 11) is -3.13. The van der Waals surface area contributed by atoms with Gasteiger partial charge in [-0.25, -0.2) is 0 Å². The Morgan fingerprint density at radius 1 is 1.20 bits per heavy atom. The number of carboxylic acids is 1. The molecular formula is C8H20NO10P. The number of hydrogen-bond donors (Lipinski definition) is 6. The van der Waals surface area contributed by atoms with Crippen molar-refractivity contribution in [3.63, 3.8) is 0 Å². The maximum atomic E-state index is 10.0. The number of carboxylic acid groups (broad SMARTS) is 1. The van der Waals surface area contributed by atoms with Gasteiger partial charge in [-0.1, -0.05) is 13.8 Å². The zero-order valence-corrected chi connectivity index (χ0v) is 12.0. The van der Waals surface area contributed by atoms with Gasteiger partial charge in [-0.15, -0.1) is 0 Å². The molecule has 0 bridgehead atoms. The Bertz CT molecular complexity index is 291. The lowest BCUT2D eigenvalue weighted by molar-refractivity contribution is -0.580. The molecule has 0 saturated heterocycles. The zero-order valence-electron chi connectivity index (χ0n) is 11.0. The first-order valence-electron chi connectivity index (χ1n) is 5.12. The van der Waals surface area contributed by atoms with Crippen LogP contribution in [0.1, 0.15) is 13.8 Å². The highest BCUT2D eigenvalue weighted by Crippen LogP contribution is 2.05. The van der Waals surface area contributed by atoms with Crippen LogP contribution in [0.25, 0.3) is 0 Å². The molecule has 0 aliphatic rings. The average Bonchev–Trinajstić information content (AvgIpc) is 2.31. The topological polar surface area (TPSA) is 199 Å². The molecule has 0 aromatic rings. The quantitative estimate of drug-likeness (QED) is 0.188. The van der Waals surface area contributed by atoms with E-state index in [2.05, 4.69) is 0 Å². The number of aliphatic hydroxyl groups excluding tert-OH is 3. The van der Waals surface area contributed by atoms with Gasteiger partial charge in [0.15, 0.2) is 0 Å². The van der Waals surface area contributed by atoms with Gasteiger partial charge in [0.05, 0.1) is 5.92 Å². The minimum atomic E-state index is -3.13. The summed E-state index contributed by atoms with van der Waals surface area (Å²) in [6.07, 6.45) is 0. The minimum Gasteiger partial charge on any atom is -0.481 e. The van der Waals surface area contributed by atoms with E-state index in [9.17, 15) is 14.9 Å². The fraction of sp³-hybridized carbons (Fsp3) is 0.875. The van der Waals surface area contributed by atoms with Crippen LogP contribution in [-0.2, 0) is 9.36 Å². The molecular weight excluding hydrogens is 301 g/mol. The molecule has 0 aromatic carbocycles. The number of rotatable bonds is 5. The first-order valence-corrected chi connectivity index (χ1v) is 6.42. The standard InChI is InChI=1S/C4H9NO5.C4H8O2.H3O3P/c6-1-4(2-7,3-8)5(9)10;1-3(2)4(5)6;1-4(2)3/h6-8H,1-3H2;3H,1-2H3,(H,5,6);4H,(H2,1,2,3). The molecule has 122 valence electrons. The van der Waals surface area contributed by atoms with Crippen molar-refractivity contribution in [2.24, 2.45) is 5.92 Å². The van der Waals surface area contributed by atoms with Crippen molar-refractivity contribution < 1.29 is 44.5 Å². The highest BCUT2D eigenvalue weighted by molar-refractivity contribution is 7.30. The van der Waals surface area contributed by atoms with Crippen molar-refractivity contribution in [2.45, 2.75) is 19.4 Å². The maximum absolute atomic E-state index is 10.0. The summed E-state index contributed by atoms with van der Waals surface area (Å²) >= 11 is 0. The minimum absolute atomic E-state index is 0.231. The fourth-order valence-corrected chi connectivity index (χ4v) is 0.323. The first kappa shape index (κ1) is 24.0. The largest absolute Gasteiger partial charge is 0.481 e. The zero-order chi connectivity index (χ0) is 16.9. The molecule has 0 spiro atoms. The maximum Gasteiger partial charge on any atom is 0.314 e. The smallest absolute Gasteiger partial charge is 0.314 e. The molecule has 0 atom stereocenters. The molecule has 0 amide bonds. The third-order valence-electron chi connectivity index (χ3n) is 1.76. The van der Waals surface area contributed by atoms with E-state index in [0.29, 0.717) is 0 Å².